The molecule has 0 aliphatic heterocycles. The average molecular weight is 267 g/mol. The van der Waals surface area contributed by atoms with Gasteiger partial charge in [-0.3, -0.25) is 0 Å². The Morgan fingerprint density at radius 3 is 2.53 bits per heavy atom. The number of unbranched alkanes of at least 4 members (excludes halogenated alkanes) is 1. The molecule has 0 fully saturated rings. The van der Waals surface area contributed by atoms with E-state index in [-0.39, 0.29) is 0 Å². The fourth-order valence-corrected chi connectivity index (χ4v) is 1.52. The van der Waals surface area contributed by atoms with E-state index in [0.717, 1.165) is 32.4 Å². The van der Waals surface area contributed by atoms with Crippen LogP contribution < -0.4 is 15.0 Å². The van der Waals surface area contributed by atoms with E-state index in [1.165, 1.54) is 0 Å². The van der Waals surface area contributed by atoms with Crippen LogP contribution in [-0.4, -0.2) is 41.7 Å². The molecular formula is C13H25N5O. The van der Waals surface area contributed by atoms with Gasteiger partial charge in [-0.05, 0) is 19.8 Å². The molecule has 1 N–H and O–H groups in total. The summed E-state index contributed by atoms with van der Waals surface area (Å²) in [6.45, 7) is 8.51. The first-order valence-corrected chi connectivity index (χ1v) is 7.05. The molecule has 1 heterocycles. The predicted molar refractivity (Wildman–Crippen MR) is 78.0 cm³/mol. The molecule has 0 spiro atoms. The van der Waals surface area contributed by atoms with Crippen molar-refractivity contribution in [3.63, 3.8) is 0 Å². The lowest BCUT2D eigenvalue weighted by Crippen LogP contribution is -2.22. The van der Waals surface area contributed by atoms with Crippen LogP contribution in [0.2, 0.25) is 0 Å². The number of rotatable bonds is 9. The van der Waals surface area contributed by atoms with E-state index >= 15 is 0 Å². The van der Waals surface area contributed by atoms with Crippen molar-refractivity contribution in [1.82, 2.24) is 15.0 Å². The van der Waals surface area contributed by atoms with E-state index < -0.39 is 0 Å². The van der Waals surface area contributed by atoms with Crippen LogP contribution in [0.4, 0.5) is 11.9 Å². The summed E-state index contributed by atoms with van der Waals surface area (Å²) in [6, 6.07) is 0.384. The van der Waals surface area contributed by atoms with Crippen LogP contribution in [-0.2, 0) is 0 Å². The van der Waals surface area contributed by atoms with E-state index in [1.807, 2.05) is 18.9 Å². The van der Waals surface area contributed by atoms with Crippen LogP contribution >= 0.6 is 0 Å². The molecule has 0 unspecified atom stereocenters. The molecule has 0 atom stereocenters. The van der Waals surface area contributed by atoms with E-state index in [4.69, 9.17) is 4.74 Å². The van der Waals surface area contributed by atoms with E-state index in [0.29, 0.717) is 24.5 Å². The second kappa shape index (κ2) is 8.50. The summed E-state index contributed by atoms with van der Waals surface area (Å²) in [6.07, 6.45) is 3.29. The minimum absolute atomic E-state index is 0.384. The van der Waals surface area contributed by atoms with Crippen molar-refractivity contribution < 1.29 is 4.74 Å². The lowest BCUT2D eigenvalue weighted by atomic mass is 10.3. The van der Waals surface area contributed by atoms with Crippen LogP contribution in [0.3, 0.4) is 0 Å². The fraction of sp³-hybridized carbons (Fsp3) is 0.769. The van der Waals surface area contributed by atoms with Crippen LogP contribution in [0.25, 0.3) is 0 Å². The number of nitrogens with zero attached hydrogens (tertiary/aromatic N) is 4. The summed E-state index contributed by atoms with van der Waals surface area (Å²) in [5, 5.41) is 3.18. The third kappa shape index (κ3) is 5.28. The van der Waals surface area contributed by atoms with Crippen molar-refractivity contribution in [1.29, 1.82) is 0 Å². The molecule has 0 radical (unpaired) electrons. The highest BCUT2D eigenvalue weighted by Gasteiger charge is 2.10. The van der Waals surface area contributed by atoms with Crippen molar-refractivity contribution >= 4 is 11.9 Å². The molecule has 1 aromatic rings. The maximum atomic E-state index is 5.39. The number of hydrogen-bond acceptors (Lipinski definition) is 6. The first-order valence-electron chi connectivity index (χ1n) is 7.05. The molecule has 0 aromatic carbocycles. The fourth-order valence-electron chi connectivity index (χ4n) is 1.52. The number of hydrogen-bond donors (Lipinski definition) is 1. The normalized spacial score (nSPS) is 10.3. The Morgan fingerprint density at radius 2 is 1.89 bits per heavy atom. The minimum Gasteiger partial charge on any atom is -0.464 e. The van der Waals surface area contributed by atoms with Crippen molar-refractivity contribution in [2.24, 2.45) is 0 Å². The molecular weight excluding hydrogens is 242 g/mol. The van der Waals surface area contributed by atoms with Gasteiger partial charge in [0.05, 0.1) is 6.61 Å². The van der Waals surface area contributed by atoms with Crippen LogP contribution in [0.15, 0.2) is 0 Å². The summed E-state index contributed by atoms with van der Waals surface area (Å²) < 4.78 is 5.39. The summed E-state index contributed by atoms with van der Waals surface area (Å²) in [5.74, 6) is 1.24. The van der Waals surface area contributed by atoms with E-state index in [9.17, 15) is 0 Å². The summed E-state index contributed by atoms with van der Waals surface area (Å²) in [5.41, 5.74) is 0. The van der Waals surface area contributed by atoms with E-state index in [2.05, 4.69) is 34.1 Å². The Labute approximate surface area is 115 Å². The van der Waals surface area contributed by atoms with Crippen LogP contribution in [0.5, 0.6) is 6.01 Å². The summed E-state index contributed by atoms with van der Waals surface area (Å²) in [4.78, 5) is 15.0. The van der Waals surface area contributed by atoms with Gasteiger partial charge in [0.25, 0.3) is 0 Å². The molecule has 0 aliphatic carbocycles. The van der Waals surface area contributed by atoms with Gasteiger partial charge >= 0.3 is 6.01 Å². The first-order chi connectivity index (χ1) is 9.21. The molecule has 1 rings (SSSR count). The number of nitrogens with one attached hydrogen (secondary N) is 1. The lowest BCUT2D eigenvalue weighted by molar-refractivity contribution is 0.312. The lowest BCUT2D eigenvalue weighted by Gasteiger charge is -2.17. The second-order valence-electron chi connectivity index (χ2n) is 4.38. The third-order valence-electron chi connectivity index (χ3n) is 2.60. The highest BCUT2D eigenvalue weighted by Crippen LogP contribution is 2.14. The predicted octanol–water partition coefficient (Wildman–Crippen LogP) is 2.33. The zero-order chi connectivity index (χ0) is 14.1. The molecule has 19 heavy (non-hydrogen) atoms. The Kier molecular flexibility index (Phi) is 6.92. The van der Waals surface area contributed by atoms with Gasteiger partial charge in [0, 0.05) is 20.1 Å². The quantitative estimate of drug-likeness (QED) is 0.741. The molecule has 0 bridgehead atoms. The summed E-state index contributed by atoms with van der Waals surface area (Å²) >= 11 is 0. The highest BCUT2D eigenvalue weighted by molar-refractivity contribution is 5.37. The highest BCUT2D eigenvalue weighted by atomic mass is 16.5. The molecule has 108 valence electrons. The Bertz CT molecular complexity index is 372. The molecule has 6 nitrogen and oxygen atoms in total. The van der Waals surface area contributed by atoms with Gasteiger partial charge in [0.2, 0.25) is 11.9 Å². The summed E-state index contributed by atoms with van der Waals surface area (Å²) in [7, 11) is 1.99. The monoisotopic (exact) mass is 267 g/mol. The molecule has 0 saturated carbocycles. The van der Waals surface area contributed by atoms with Gasteiger partial charge in [-0.15, -0.1) is 0 Å². The van der Waals surface area contributed by atoms with Gasteiger partial charge in [-0.2, -0.15) is 15.0 Å². The van der Waals surface area contributed by atoms with E-state index in [1.54, 1.807) is 0 Å². The van der Waals surface area contributed by atoms with Gasteiger partial charge < -0.3 is 15.0 Å². The van der Waals surface area contributed by atoms with Crippen molar-refractivity contribution in [3.8, 4) is 6.01 Å². The number of anilines is 2. The minimum atomic E-state index is 0.384. The Morgan fingerprint density at radius 1 is 1.11 bits per heavy atom. The molecule has 0 aliphatic rings. The van der Waals surface area contributed by atoms with Crippen LogP contribution in [0, 0.1) is 0 Å². The Hall–Kier alpha value is -1.59. The van der Waals surface area contributed by atoms with Crippen LogP contribution in [0.1, 0.15) is 40.0 Å². The SMILES string of the molecule is CCCCN(C)c1nc(NCCC)nc(OCC)n1. The topological polar surface area (TPSA) is 63.2 Å². The molecule has 1 aromatic heterocycles. The van der Waals surface area contributed by atoms with Gasteiger partial charge in [0.1, 0.15) is 0 Å². The van der Waals surface area contributed by atoms with Crippen molar-refractivity contribution in [2.45, 2.75) is 40.0 Å². The number of ether oxygens (including phenoxy) is 1. The largest absolute Gasteiger partial charge is 0.464 e. The maximum absolute atomic E-state index is 5.39. The van der Waals surface area contributed by atoms with Crippen molar-refractivity contribution in [3.05, 3.63) is 0 Å². The maximum Gasteiger partial charge on any atom is 0.323 e. The first kappa shape index (κ1) is 15.5. The average Bonchev–Trinajstić information content (AvgIpc) is 2.42. The van der Waals surface area contributed by atoms with Gasteiger partial charge in [-0.25, -0.2) is 0 Å². The Balaban J connectivity index is 2.84. The van der Waals surface area contributed by atoms with Gasteiger partial charge in [0.15, 0.2) is 0 Å². The zero-order valence-electron chi connectivity index (χ0n) is 12.4. The molecule has 0 saturated heterocycles. The van der Waals surface area contributed by atoms with Gasteiger partial charge in [-0.1, -0.05) is 20.3 Å². The molecule has 6 heteroatoms. The molecule has 0 amide bonds. The third-order valence-corrected chi connectivity index (χ3v) is 2.60. The smallest absolute Gasteiger partial charge is 0.323 e. The number of aromatic nitrogens is 3. The van der Waals surface area contributed by atoms with Crippen molar-refractivity contribution in [2.75, 3.05) is 37.0 Å². The standard InChI is InChI=1S/C13H25N5O/c1-5-8-10-18(4)12-15-11(14-9-6-2)16-13(17-12)19-7-3/h5-10H2,1-4H3,(H,14,15,16,17). The second-order valence-corrected chi connectivity index (χ2v) is 4.38. The zero-order valence-corrected chi connectivity index (χ0v) is 12.4.